The summed E-state index contributed by atoms with van der Waals surface area (Å²) in [5, 5.41) is 5.35. The molecule has 28 heavy (non-hydrogen) atoms. The van der Waals surface area contributed by atoms with Crippen LogP contribution in [0.4, 0.5) is 5.69 Å². The van der Waals surface area contributed by atoms with Crippen molar-refractivity contribution in [2.45, 2.75) is 40.3 Å². The van der Waals surface area contributed by atoms with Gasteiger partial charge in [0, 0.05) is 5.69 Å². The molecular weight excluding hydrogens is 354 g/mol. The molecule has 2 aromatic carbocycles. The molecule has 2 aromatic rings. The van der Waals surface area contributed by atoms with Crippen molar-refractivity contribution in [1.82, 2.24) is 5.32 Å². The fourth-order valence-corrected chi connectivity index (χ4v) is 2.62. The second-order valence-corrected chi connectivity index (χ2v) is 7.29. The summed E-state index contributed by atoms with van der Waals surface area (Å²) in [6.45, 7) is 8.01. The smallest absolute Gasteiger partial charge is 0.243 e. The van der Waals surface area contributed by atoms with E-state index in [1.54, 1.807) is 6.07 Å². The first kappa shape index (κ1) is 21.4. The first-order valence-electron chi connectivity index (χ1n) is 9.38. The van der Waals surface area contributed by atoms with Crippen LogP contribution in [0, 0.1) is 19.8 Å². The minimum Gasteiger partial charge on any atom is -0.489 e. The van der Waals surface area contributed by atoms with Crippen LogP contribution in [0.5, 0.6) is 5.75 Å². The third-order valence-corrected chi connectivity index (χ3v) is 4.40. The lowest BCUT2D eigenvalue weighted by Crippen LogP contribution is -2.46. The number of hydrogen-bond donors (Lipinski definition) is 3. The highest BCUT2D eigenvalue weighted by Gasteiger charge is 2.17. The minimum atomic E-state index is -0.626. The van der Waals surface area contributed by atoms with E-state index in [9.17, 15) is 9.59 Å². The van der Waals surface area contributed by atoms with Crippen LogP contribution < -0.4 is 21.1 Å². The van der Waals surface area contributed by atoms with Crippen LogP contribution >= 0.6 is 0 Å². The average molecular weight is 383 g/mol. The van der Waals surface area contributed by atoms with Crippen LogP contribution in [0.15, 0.2) is 42.5 Å². The van der Waals surface area contributed by atoms with E-state index >= 15 is 0 Å². The monoisotopic (exact) mass is 383 g/mol. The van der Waals surface area contributed by atoms with Gasteiger partial charge < -0.3 is 21.1 Å². The van der Waals surface area contributed by atoms with Crippen LogP contribution in [0.3, 0.4) is 0 Å². The summed E-state index contributed by atoms with van der Waals surface area (Å²) in [5.41, 5.74) is 9.61. The van der Waals surface area contributed by atoms with Crippen molar-refractivity contribution in [3.05, 3.63) is 59.2 Å². The first-order chi connectivity index (χ1) is 13.3. The molecule has 6 heteroatoms. The molecule has 0 saturated carbocycles. The number of carbonyl (C=O) groups is 2. The first-order valence-corrected chi connectivity index (χ1v) is 9.38. The fraction of sp³-hybridized carbons (Fsp3) is 0.364. The van der Waals surface area contributed by atoms with Gasteiger partial charge in [-0.3, -0.25) is 9.59 Å². The fourth-order valence-electron chi connectivity index (χ4n) is 2.62. The predicted octanol–water partition coefficient (Wildman–Crippen LogP) is 2.92. The highest BCUT2D eigenvalue weighted by Crippen LogP contribution is 2.22. The van der Waals surface area contributed by atoms with E-state index < -0.39 is 6.04 Å². The van der Waals surface area contributed by atoms with E-state index in [1.807, 2.05) is 58.0 Å². The highest BCUT2D eigenvalue weighted by molar-refractivity contribution is 5.95. The van der Waals surface area contributed by atoms with Gasteiger partial charge in [0.1, 0.15) is 12.4 Å². The highest BCUT2D eigenvalue weighted by atomic mass is 16.5. The van der Waals surface area contributed by atoms with Gasteiger partial charge in [-0.05, 0) is 49.1 Å². The molecule has 4 N–H and O–H groups in total. The molecule has 6 nitrogen and oxygen atoms in total. The zero-order chi connectivity index (χ0) is 20.7. The van der Waals surface area contributed by atoms with Crippen molar-refractivity contribution in [2.24, 2.45) is 11.7 Å². The second-order valence-electron chi connectivity index (χ2n) is 7.29. The lowest BCUT2D eigenvalue weighted by Gasteiger charge is -2.15. The van der Waals surface area contributed by atoms with Gasteiger partial charge in [0.15, 0.2) is 0 Å². The average Bonchev–Trinajstić information content (AvgIpc) is 2.65. The maximum Gasteiger partial charge on any atom is 0.243 e. The molecule has 2 rings (SSSR count). The van der Waals surface area contributed by atoms with E-state index in [1.165, 1.54) is 5.56 Å². The largest absolute Gasteiger partial charge is 0.489 e. The van der Waals surface area contributed by atoms with Gasteiger partial charge in [-0.15, -0.1) is 0 Å². The van der Waals surface area contributed by atoms with Gasteiger partial charge in [0.25, 0.3) is 0 Å². The summed E-state index contributed by atoms with van der Waals surface area (Å²) in [5.74, 6) is 0.105. The van der Waals surface area contributed by atoms with Crippen LogP contribution in [-0.2, 0) is 16.2 Å². The van der Waals surface area contributed by atoms with Crippen molar-refractivity contribution in [2.75, 3.05) is 11.9 Å². The van der Waals surface area contributed by atoms with Crippen LogP contribution in [0.2, 0.25) is 0 Å². The summed E-state index contributed by atoms with van der Waals surface area (Å²) in [6, 6.07) is 13.0. The van der Waals surface area contributed by atoms with Crippen LogP contribution in [0.25, 0.3) is 0 Å². The van der Waals surface area contributed by atoms with Crippen LogP contribution in [-0.4, -0.2) is 24.4 Å². The molecule has 0 saturated heterocycles. The molecule has 0 aliphatic heterocycles. The predicted molar refractivity (Wildman–Crippen MR) is 111 cm³/mol. The van der Waals surface area contributed by atoms with Gasteiger partial charge in [0.05, 0.1) is 12.6 Å². The van der Waals surface area contributed by atoms with Crippen molar-refractivity contribution >= 4 is 17.5 Å². The standard InChI is InChI=1S/C22H29N3O3/c1-14(2)21(23)22(27)24-12-20(26)25-19-9-8-18(11-16(19)4)28-13-17-7-5-6-15(3)10-17/h5-11,14,21H,12-13,23H2,1-4H3,(H,24,27)(H,25,26)/t21-/m0/s1. The number of rotatable bonds is 8. The number of nitrogens with one attached hydrogen (secondary N) is 2. The quantitative estimate of drug-likeness (QED) is 0.653. The molecular formula is C22H29N3O3. The third kappa shape index (κ3) is 6.39. The van der Waals surface area contributed by atoms with Gasteiger partial charge in [-0.1, -0.05) is 43.7 Å². The Morgan fingerprint density at radius 1 is 1.11 bits per heavy atom. The number of ether oxygens (including phenoxy) is 1. The Morgan fingerprint density at radius 3 is 2.50 bits per heavy atom. The zero-order valence-corrected chi connectivity index (χ0v) is 16.9. The number of hydrogen-bond acceptors (Lipinski definition) is 4. The van der Waals surface area contributed by atoms with Gasteiger partial charge >= 0.3 is 0 Å². The SMILES string of the molecule is Cc1cccc(COc2ccc(NC(=O)CNC(=O)[C@@H](N)C(C)C)c(C)c2)c1. The van der Waals surface area contributed by atoms with E-state index in [0.717, 1.165) is 16.9 Å². The van der Waals surface area contributed by atoms with E-state index in [0.29, 0.717) is 12.3 Å². The normalized spacial score (nSPS) is 11.8. The molecule has 0 fully saturated rings. The molecule has 1 atom stereocenters. The molecule has 0 heterocycles. The Morgan fingerprint density at radius 2 is 1.86 bits per heavy atom. The molecule has 0 bridgehead atoms. The minimum absolute atomic E-state index is 0.0117. The van der Waals surface area contributed by atoms with E-state index in [2.05, 4.69) is 16.7 Å². The Balaban J connectivity index is 1.87. The Bertz CT molecular complexity index is 834. The summed E-state index contributed by atoms with van der Waals surface area (Å²) in [7, 11) is 0. The number of anilines is 1. The van der Waals surface area contributed by atoms with Crippen molar-refractivity contribution < 1.29 is 14.3 Å². The number of carbonyl (C=O) groups excluding carboxylic acids is 2. The zero-order valence-electron chi connectivity index (χ0n) is 16.9. The summed E-state index contributed by atoms with van der Waals surface area (Å²) in [4.78, 5) is 23.9. The summed E-state index contributed by atoms with van der Waals surface area (Å²) in [6.07, 6.45) is 0. The van der Waals surface area contributed by atoms with E-state index in [4.69, 9.17) is 10.5 Å². The maximum absolute atomic E-state index is 12.1. The Hall–Kier alpha value is -2.86. The topological polar surface area (TPSA) is 93.5 Å². The molecule has 0 spiro atoms. The van der Waals surface area contributed by atoms with Crippen LogP contribution in [0.1, 0.15) is 30.5 Å². The molecule has 0 aliphatic carbocycles. The number of amides is 2. The lowest BCUT2D eigenvalue weighted by molar-refractivity contribution is -0.125. The number of benzene rings is 2. The summed E-state index contributed by atoms with van der Waals surface area (Å²) >= 11 is 0. The third-order valence-electron chi connectivity index (χ3n) is 4.40. The number of nitrogens with two attached hydrogens (primary N) is 1. The molecule has 150 valence electrons. The molecule has 0 unspecified atom stereocenters. The molecule has 2 amide bonds. The number of aryl methyl sites for hydroxylation is 2. The molecule has 0 aromatic heterocycles. The van der Waals surface area contributed by atoms with Crippen molar-refractivity contribution in [3.8, 4) is 5.75 Å². The van der Waals surface area contributed by atoms with Gasteiger partial charge in [-0.25, -0.2) is 0 Å². The van der Waals surface area contributed by atoms with Crippen molar-refractivity contribution in [3.63, 3.8) is 0 Å². The second kappa shape index (κ2) is 9.90. The molecule has 0 radical (unpaired) electrons. The summed E-state index contributed by atoms with van der Waals surface area (Å²) < 4.78 is 5.83. The van der Waals surface area contributed by atoms with Crippen molar-refractivity contribution in [1.29, 1.82) is 0 Å². The Labute approximate surface area is 166 Å². The van der Waals surface area contributed by atoms with Gasteiger partial charge in [0.2, 0.25) is 11.8 Å². The molecule has 0 aliphatic rings. The van der Waals surface area contributed by atoms with Gasteiger partial charge in [-0.2, -0.15) is 0 Å². The lowest BCUT2D eigenvalue weighted by atomic mass is 10.1. The Kier molecular flexibility index (Phi) is 7.58. The van der Waals surface area contributed by atoms with E-state index in [-0.39, 0.29) is 24.3 Å². The maximum atomic E-state index is 12.1.